The first-order chi connectivity index (χ1) is 6.24. The Morgan fingerprint density at radius 3 is 2.46 bits per heavy atom. The van der Waals surface area contributed by atoms with Gasteiger partial charge in [-0.05, 0) is 17.7 Å². The molecule has 1 heterocycles. The summed E-state index contributed by atoms with van der Waals surface area (Å²) in [5.74, 6) is 0.323. The maximum absolute atomic E-state index is 9.07. The first-order valence-corrected chi connectivity index (χ1v) is 4.50. The molecule has 3 nitrogen and oxygen atoms in total. The zero-order valence-corrected chi connectivity index (χ0v) is 7.48. The molecule has 0 unspecified atom stereocenters. The molecule has 0 bridgehead atoms. The summed E-state index contributed by atoms with van der Waals surface area (Å²) in [5, 5.41) is 9.07. The summed E-state index contributed by atoms with van der Waals surface area (Å²) in [6, 6.07) is 7.68. The molecule has 0 aromatic heterocycles. The molecular formula is C10H14N2O. The van der Waals surface area contributed by atoms with Crippen LogP contribution in [-0.4, -0.2) is 29.1 Å². The van der Waals surface area contributed by atoms with Crippen molar-refractivity contribution in [3.8, 4) is 5.75 Å². The molecule has 0 amide bonds. The van der Waals surface area contributed by atoms with E-state index in [4.69, 9.17) is 10.8 Å². The number of hydrogen-bond donors (Lipinski definition) is 2. The van der Waals surface area contributed by atoms with Gasteiger partial charge in [0.1, 0.15) is 5.75 Å². The summed E-state index contributed by atoms with van der Waals surface area (Å²) in [6.07, 6.45) is 0. The summed E-state index contributed by atoms with van der Waals surface area (Å²) >= 11 is 0. The summed E-state index contributed by atoms with van der Waals surface area (Å²) in [6.45, 7) is 2.91. The summed E-state index contributed by atoms with van der Waals surface area (Å²) in [4.78, 5) is 2.29. The largest absolute Gasteiger partial charge is 0.508 e. The molecule has 1 saturated heterocycles. The zero-order chi connectivity index (χ0) is 9.26. The maximum Gasteiger partial charge on any atom is 0.115 e. The standard InChI is InChI=1S/C10H14N2O/c11-9-6-12(7-9)5-8-1-3-10(13)4-2-8/h1-4,9,13H,5-7,11H2. The lowest BCUT2D eigenvalue weighted by atomic mass is 10.1. The van der Waals surface area contributed by atoms with Gasteiger partial charge in [0, 0.05) is 25.7 Å². The van der Waals surface area contributed by atoms with Crippen LogP contribution >= 0.6 is 0 Å². The van der Waals surface area contributed by atoms with Crippen molar-refractivity contribution < 1.29 is 5.11 Å². The minimum absolute atomic E-state index is 0.323. The highest BCUT2D eigenvalue weighted by atomic mass is 16.3. The number of nitrogens with two attached hydrogens (primary N) is 1. The average Bonchev–Trinajstić information content (AvgIpc) is 2.06. The molecule has 0 aliphatic carbocycles. The Labute approximate surface area is 77.8 Å². The Morgan fingerprint density at radius 1 is 1.31 bits per heavy atom. The molecule has 0 atom stereocenters. The number of phenolic OH excluding ortho intramolecular Hbond substituents is 1. The van der Waals surface area contributed by atoms with Gasteiger partial charge in [0.2, 0.25) is 0 Å². The Morgan fingerprint density at radius 2 is 1.92 bits per heavy atom. The molecule has 0 saturated carbocycles. The highest BCUT2D eigenvalue weighted by Gasteiger charge is 2.22. The molecule has 1 aliphatic heterocycles. The van der Waals surface area contributed by atoms with E-state index in [0.717, 1.165) is 19.6 Å². The monoisotopic (exact) mass is 178 g/mol. The number of likely N-dealkylation sites (tertiary alicyclic amines) is 1. The highest BCUT2D eigenvalue weighted by Crippen LogP contribution is 2.14. The number of benzene rings is 1. The van der Waals surface area contributed by atoms with Crippen LogP contribution in [0, 0.1) is 0 Å². The second kappa shape index (κ2) is 3.36. The van der Waals surface area contributed by atoms with Gasteiger partial charge in [-0.15, -0.1) is 0 Å². The third kappa shape index (κ3) is 1.99. The van der Waals surface area contributed by atoms with Gasteiger partial charge in [0.05, 0.1) is 0 Å². The fourth-order valence-electron chi connectivity index (χ4n) is 1.60. The summed E-state index contributed by atoms with van der Waals surface area (Å²) in [7, 11) is 0. The lowest BCUT2D eigenvalue weighted by molar-refractivity contribution is 0.142. The fourth-order valence-corrected chi connectivity index (χ4v) is 1.60. The van der Waals surface area contributed by atoms with Gasteiger partial charge in [-0.3, -0.25) is 4.90 Å². The number of hydrogen-bond acceptors (Lipinski definition) is 3. The van der Waals surface area contributed by atoms with Crippen molar-refractivity contribution in [2.24, 2.45) is 5.73 Å². The van der Waals surface area contributed by atoms with Crippen LogP contribution in [0.4, 0.5) is 0 Å². The minimum Gasteiger partial charge on any atom is -0.508 e. The quantitative estimate of drug-likeness (QED) is 0.694. The van der Waals surface area contributed by atoms with Gasteiger partial charge in [-0.1, -0.05) is 12.1 Å². The predicted octanol–water partition coefficient (Wildman–Crippen LogP) is 0.535. The number of aromatic hydroxyl groups is 1. The molecule has 0 radical (unpaired) electrons. The maximum atomic E-state index is 9.07. The van der Waals surface area contributed by atoms with Crippen LogP contribution in [0.1, 0.15) is 5.56 Å². The smallest absolute Gasteiger partial charge is 0.115 e. The van der Waals surface area contributed by atoms with Gasteiger partial charge < -0.3 is 10.8 Å². The molecule has 0 spiro atoms. The summed E-state index contributed by atoms with van der Waals surface area (Å²) < 4.78 is 0. The number of phenols is 1. The van der Waals surface area contributed by atoms with E-state index >= 15 is 0 Å². The van der Waals surface area contributed by atoms with Crippen molar-refractivity contribution in [3.05, 3.63) is 29.8 Å². The van der Waals surface area contributed by atoms with Crippen LogP contribution in [0.25, 0.3) is 0 Å². The predicted molar refractivity (Wildman–Crippen MR) is 51.4 cm³/mol. The lowest BCUT2D eigenvalue weighted by Gasteiger charge is -2.36. The second-order valence-electron chi connectivity index (χ2n) is 3.62. The van der Waals surface area contributed by atoms with Crippen molar-refractivity contribution >= 4 is 0 Å². The van der Waals surface area contributed by atoms with Crippen LogP contribution in [0.15, 0.2) is 24.3 Å². The van der Waals surface area contributed by atoms with Crippen molar-refractivity contribution in [1.29, 1.82) is 0 Å². The molecule has 1 aromatic rings. The highest BCUT2D eigenvalue weighted by molar-refractivity contribution is 5.25. The van der Waals surface area contributed by atoms with E-state index in [9.17, 15) is 0 Å². The van der Waals surface area contributed by atoms with E-state index < -0.39 is 0 Å². The molecule has 1 aliphatic rings. The van der Waals surface area contributed by atoms with Crippen LogP contribution in [0.2, 0.25) is 0 Å². The second-order valence-corrected chi connectivity index (χ2v) is 3.62. The molecule has 1 aromatic carbocycles. The van der Waals surface area contributed by atoms with Gasteiger partial charge in [-0.25, -0.2) is 0 Å². The number of nitrogens with zero attached hydrogens (tertiary/aromatic N) is 1. The molecule has 70 valence electrons. The molecule has 3 N–H and O–H groups in total. The Balaban J connectivity index is 1.91. The lowest BCUT2D eigenvalue weighted by Crippen LogP contribution is -2.54. The van der Waals surface area contributed by atoms with Gasteiger partial charge >= 0.3 is 0 Å². The Bertz CT molecular complexity index is 277. The van der Waals surface area contributed by atoms with E-state index in [-0.39, 0.29) is 0 Å². The minimum atomic E-state index is 0.323. The Kier molecular flexibility index (Phi) is 2.20. The Hall–Kier alpha value is -1.06. The van der Waals surface area contributed by atoms with E-state index in [2.05, 4.69) is 4.90 Å². The summed E-state index contributed by atoms with van der Waals surface area (Å²) in [5.41, 5.74) is 6.89. The van der Waals surface area contributed by atoms with Gasteiger partial charge in [-0.2, -0.15) is 0 Å². The van der Waals surface area contributed by atoms with E-state index in [1.807, 2.05) is 12.1 Å². The van der Waals surface area contributed by atoms with E-state index in [1.54, 1.807) is 12.1 Å². The average molecular weight is 178 g/mol. The van der Waals surface area contributed by atoms with Crippen LogP contribution in [-0.2, 0) is 6.54 Å². The third-order valence-electron chi connectivity index (χ3n) is 2.33. The van der Waals surface area contributed by atoms with Crippen LogP contribution in [0.5, 0.6) is 5.75 Å². The van der Waals surface area contributed by atoms with Gasteiger partial charge in [0.25, 0.3) is 0 Å². The molecule has 13 heavy (non-hydrogen) atoms. The van der Waals surface area contributed by atoms with Crippen LogP contribution < -0.4 is 5.73 Å². The number of rotatable bonds is 2. The molecular weight excluding hydrogens is 164 g/mol. The first kappa shape index (κ1) is 8.53. The van der Waals surface area contributed by atoms with Crippen LogP contribution in [0.3, 0.4) is 0 Å². The van der Waals surface area contributed by atoms with Crippen molar-refractivity contribution in [1.82, 2.24) is 4.90 Å². The van der Waals surface area contributed by atoms with E-state index in [1.165, 1.54) is 5.56 Å². The topological polar surface area (TPSA) is 49.5 Å². The molecule has 3 heteroatoms. The normalized spacial score (nSPS) is 18.5. The zero-order valence-electron chi connectivity index (χ0n) is 7.48. The fraction of sp³-hybridized carbons (Fsp3) is 0.400. The SMILES string of the molecule is NC1CN(Cc2ccc(O)cc2)C1. The van der Waals surface area contributed by atoms with Gasteiger partial charge in [0.15, 0.2) is 0 Å². The van der Waals surface area contributed by atoms with Crippen molar-refractivity contribution in [2.45, 2.75) is 12.6 Å². The third-order valence-corrected chi connectivity index (χ3v) is 2.33. The molecule has 2 rings (SSSR count). The molecule has 1 fully saturated rings. The van der Waals surface area contributed by atoms with E-state index in [0.29, 0.717) is 11.8 Å². The van der Waals surface area contributed by atoms with Crippen molar-refractivity contribution in [3.63, 3.8) is 0 Å². The first-order valence-electron chi connectivity index (χ1n) is 4.50. The van der Waals surface area contributed by atoms with Crippen molar-refractivity contribution in [2.75, 3.05) is 13.1 Å².